The van der Waals surface area contributed by atoms with Gasteiger partial charge >= 0.3 is 6.16 Å². The van der Waals surface area contributed by atoms with Gasteiger partial charge in [-0.3, -0.25) is 0 Å². The van der Waals surface area contributed by atoms with Gasteiger partial charge in [-0.05, 0) is 81.0 Å². The molecular weight excluding hydrogens is 328 g/mol. The zero-order chi connectivity index (χ0) is 18.5. The minimum atomic E-state index is -0.499. The lowest BCUT2D eigenvalue weighted by Gasteiger charge is -2.59. The molecule has 1 N–H and O–H groups in total. The molecule has 4 nitrogen and oxygen atoms in total. The molecule has 0 amide bonds. The second-order valence-electron chi connectivity index (χ2n) is 9.59. The zero-order valence-corrected chi connectivity index (χ0v) is 16.4. The molecule has 0 bridgehead atoms. The van der Waals surface area contributed by atoms with Crippen molar-refractivity contribution in [1.29, 1.82) is 0 Å². The number of allylic oxidation sites excluding steroid dienone is 1. The summed E-state index contributed by atoms with van der Waals surface area (Å²) >= 11 is 0. The highest BCUT2D eigenvalue weighted by atomic mass is 16.7. The van der Waals surface area contributed by atoms with E-state index < -0.39 is 6.16 Å². The Kier molecular flexibility index (Phi) is 4.61. The summed E-state index contributed by atoms with van der Waals surface area (Å²) < 4.78 is 10.8. The first-order valence-electron chi connectivity index (χ1n) is 10.6. The largest absolute Gasteiger partial charge is 0.508 e. The molecule has 0 aromatic carbocycles. The number of carbonyl (C=O) groups is 1. The van der Waals surface area contributed by atoms with Crippen molar-refractivity contribution in [3.8, 4) is 0 Å². The Bertz CT molecular complexity index is 587. The number of hydrogen-bond acceptors (Lipinski definition) is 4. The van der Waals surface area contributed by atoms with Crippen LogP contribution in [-0.4, -0.2) is 30.1 Å². The van der Waals surface area contributed by atoms with E-state index in [1.807, 2.05) is 13.0 Å². The summed E-state index contributed by atoms with van der Waals surface area (Å²) in [6.45, 7) is 6.97. The van der Waals surface area contributed by atoms with Crippen LogP contribution in [0.1, 0.15) is 65.7 Å². The van der Waals surface area contributed by atoms with Gasteiger partial charge in [0.15, 0.2) is 0 Å². The first-order valence-corrected chi connectivity index (χ1v) is 10.6. The smallest absolute Gasteiger partial charge is 0.435 e. The number of ether oxygens (including phenoxy) is 2. The molecule has 0 saturated heterocycles. The molecule has 26 heavy (non-hydrogen) atoms. The van der Waals surface area contributed by atoms with Crippen LogP contribution in [0, 0.1) is 34.5 Å². The van der Waals surface area contributed by atoms with Crippen LogP contribution in [0.15, 0.2) is 12.2 Å². The van der Waals surface area contributed by atoms with Crippen LogP contribution < -0.4 is 0 Å². The van der Waals surface area contributed by atoms with E-state index in [1.165, 1.54) is 19.3 Å². The average Bonchev–Trinajstić information content (AvgIpc) is 2.92. The molecule has 0 aromatic heterocycles. The molecule has 3 saturated carbocycles. The molecule has 8 atom stereocenters. The Hall–Kier alpha value is -1.03. The van der Waals surface area contributed by atoms with Crippen molar-refractivity contribution in [2.24, 2.45) is 34.5 Å². The SMILES string of the molecule is CCOC(=O)O[C@H]1CC[C@H]2[C@@H]3CC[C@H]4CC(O)C=C[C@]4(C)[C@H]3CC[C@]12C. The number of aliphatic hydroxyl groups excluding tert-OH is 1. The van der Waals surface area contributed by atoms with Crippen molar-refractivity contribution in [2.75, 3.05) is 6.61 Å². The van der Waals surface area contributed by atoms with Gasteiger partial charge in [0.1, 0.15) is 6.10 Å². The second kappa shape index (κ2) is 6.54. The van der Waals surface area contributed by atoms with Crippen molar-refractivity contribution < 1.29 is 19.4 Å². The van der Waals surface area contributed by atoms with Crippen LogP contribution in [0.5, 0.6) is 0 Å². The average molecular weight is 363 g/mol. The first kappa shape index (κ1) is 18.3. The molecule has 3 fully saturated rings. The Morgan fingerprint density at radius 1 is 1.15 bits per heavy atom. The van der Waals surface area contributed by atoms with E-state index >= 15 is 0 Å². The second-order valence-corrected chi connectivity index (χ2v) is 9.59. The number of carbonyl (C=O) groups excluding carboxylic acids is 1. The predicted molar refractivity (Wildman–Crippen MR) is 99.5 cm³/mol. The van der Waals surface area contributed by atoms with Crippen molar-refractivity contribution in [1.82, 2.24) is 0 Å². The number of fused-ring (bicyclic) bond motifs is 5. The fourth-order valence-corrected chi connectivity index (χ4v) is 7.20. The maximum absolute atomic E-state index is 11.9. The molecule has 0 heterocycles. The van der Waals surface area contributed by atoms with Crippen molar-refractivity contribution in [3.63, 3.8) is 0 Å². The maximum atomic E-state index is 11.9. The normalized spacial score (nSPS) is 49.7. The minimum absolute atomic E-state index is 0.00162. The highest BCUT2D eigenvalue weighted by Gasteiger charge is 2.60. The quantitative estimate of drug-likeness (QED) is 0.571. The molecule has 1 unspecified atom stereocenters. The lowest BCUT2D eigenvalue weighted by Crippen LogP contribution is -2.53. The Balaban J connectivity index is 1.54. The van der Waals surface area contributed by atoms with E-state index in [9.17, 15) is 9.90 Å². The van der Waals surface area contributed by atoms with E-state index in [1.54, 1.807) is 0 Å². The monoisotopic (exact) mass is 362 g/mol. The first-order chi connectivity index (χ1) is 12.4. The van der Waals surface area contributed by atoms with Crippen LogP contribution in [0.2, 0.25) is 0 Å². The highest BCUT2D eigenvalue weighted by Crippen LogP contribution is 2.65. The lowest BCUT2D eigenvalue weighted by atomic mass is 9.46. The summed E-state index contributed by atoms with van der Waals surface area (Å²) in [7, 11) is 0. The van der Waals surface area contributed by atoms with Gasteiger partial charge in [0.2, 0.25) is 0 Å². The molecular formula is C22H34O4. The highest BCUT2D eigenvalue weighted by molar-refractivity contribution is 5.60. The van der Waals surface area contributed by atoms with E-state index in [0.29, 0.717) is 30.3 Å². The van der Waals surface area contributed by atoms with Crippen LogP contribution >= 0.6 is 0 Å². The summed E-state index contributed by atoms with van der Waals surface area (Å²) in [6.07, 6.45) is 11.5. The van der Waals surface area contributed by atoms with E-state index in [0.717, 1.165) is 25.7 Å². The molecule has 0 aromatic rings. The van der Waals surface area contributed by atoms with Gasteiger partial charge in [0.25, 0.3) is 0 Å². The molecule has 0 spiro atoms. The summed E-state index contributed by atoms with van der Waals surface area (Å²) in [4.78, 5) is 11.9. The third-order valence-corrected chi connectivity index (χ3v) is 8.58. The standard InChI is InChI=1S/C22H34O4/c1-4-25-20(24)26-19-8-7-17-16-6-5-14-13-15(23)9-11-21(14,2)18(16)10-12-22(17,19)3/h9,11,14-19,23H,4-8,10,12-13H2,1-3H3/t14-,15?,16-,17-,18-,19-,21-,22-/m0/s1. The zero-order valence-electron chi connectivity index (χ0n) is 16.4. The van der Waals surface area contributed by atoms with Gasteiger partial charge in [-0.1, -0.05) is 26.0 Å². The van der Waals surface area contributed by atoms with E-state index in [2.05, 4.69) is 19.9 Å². The van der Waals surface area contributed by atoms with Crippen LogP contribution in [0.4, 0.5) is 4.79 Å². The molecule has 4 heteroatoms. The van der Waals surface area contributed by atoms with Crippen molar-refractivity contribution in [2.45, 2.75) is 77.9 Å². The maximum Gasteiger partial charge on any atom is 0.508 e. The number of hydrogen-bond donors (Lipinski definition) is 1. The van der Waals surface area contributed by atoms with Crippen molar-refractivity contribution in [3.05, 3.63) is 12.2 Å². The van der Waals surface area contributed by atoms with Gasteiger partial charge in [0.05, 0.1) is 12.7 Å². The fraction of sp³-hybridized carbons (Fsp3) is 0.864. The van der Waals surface area contributed by atoms with Crippen molar-refractivity contribution >= 4 is 6.16 Å². The fourth-order valence-electron chi connectivity index (χ4n) is 7.20. The van der Waals surface area contributed by atoms with Gasteiger partial charge in [-0.2, -0.15) is 0 Å². The van der Waals surface area contributed by atoms with Crippen LogP contribution in [0.25, 0.3) is 0 Å². The third kappa shape index (κ3) is 2.71. The Labute approximate surface area is 157 Å². The van der Waals surface area contributed by atoms with Gasteiger partial charge in [0, 0.05) is 5.41 Å². The van der Waals surface area contributed by atoms with Gasteiger partial charge in [-0.25, -0.2) is 4.79 Å². The lowest BCUT2D eigenvalue weighted by molar-refractivity contribution is -0.106. The summed E-state index contributed by atoms with van der Waals surface area (Å²) in [5, 5.41) is 10.1. The van der Waals surface area contributed by atoms with Crippen LogP contribution in [0.3, 0.4) is 0 Å². The van der Waals surface area contributed by atoms with Gasteiger partial charge in [-0.15, -0.1) is 0 Å². The number of rotatable bonds is 2. The molecule has 0 radical (unpaired) electrons. The summed E-state index contributed by atoms with van der Waals surface area (Å²) in [6, 6.07) is 0. The van der Waals surface area contributed by atoms with E-state index in [-0.39, 0.29) is 23.0 Å². The molecule has 0 aliphatic heterocycles. The Morgan fingerprint density at radius 2 is 1.96 bits per heavy atom. The third-order valence-electron chi connectivity index (χ3n) is 8.58. The summed E-state index contributed by atoms with van der Waals surface area (Å²) in [5.41, 5.74) is 0.318. The van der Waals surface area contributed by atoms with Crippen LogP contribution in [-0.2, 0) is 9.47 Å². The molecule has 4 aliphatic rings. The van der Waals surface area contributed by atoms with Gasteiger partial charge < -0.3 is 14.6 Å². The molecule has 4 aliphatic carbocycles. The summed E-state index contributed by atoms with van der Waals surface area (Å²) in [5.74, 6) is 2.66. The Morgan fingerprint density at radius 3 is 2.73 bits per heavy atom. The molecule has 4 rings (SSSR count). The van der Waals surface area contributed by atoms with E-state index in [4.69, 9.17) is 9.47 Å². The topological polar surface area (TPSA) is 55.8 Å². The number of aliphatic hydroxyl groups is 1. The molecule has 146 valence electrons. The minimum Gasteiger partial charge on any atom is -0.435 e. The predicted octanol–water partition coefficient (Wildman–Crippen LogP) is 4.71.